The molecule has 0 aliphatic rings. The first-order chi connectivity index (χ1) is 15.3. The lowest BCUT2D eigenvalue weighted by molar-refractivity contribution is -0.388. The number of nitrogens with zero attached hydrogens (tertiary/aromatic N) is 2. The van der Waals surface area contributed by atoms with Gasteiger partial charge in [-0.1, -0.05) is 28.1 Å². The van der Waals surface area contributed by atoms with Gasteiger partial charge in [0, 0.05) is 23.6 Å². The highest BCUT2D eigenvalue weighted by Crippen LogP contribution is 2.46. The number of ether oxygens (including phenoxy) is 2. The first-order valence-corrected chi connectivity index (χ1v) is 10.6. The van der Waals surface area contributed by atoms with E-state index in [9.17, 15) is 19.7 Å². The molecule has 0 bridgehead atoms. The largest absolute Gasteiger partial charge is 0.496 e. The van der Waals surface area contributed by atoms with Crippen LogP contribution < -0.4 is 9.47 Å². The number of rotatable bonds is 8. The molecule has 0 aliphatic heterocycles. The van der Waals surface area contributed by atoms with Crippen molar-refractivity contribution < 1.29 is 24.0 Å². The Morgan fingerprint density at radius 1 is 1.09 bits per heavy atom. The quantitative estimate of drug-likeness (QED) is 0.208. The summed E-state index contributed by atoms with van der Waals surface area (Å²) in [6, 6.07) is 8.40. The Balaban J connectivity index is 2.43. The van der Waals surface area contributed by atoms with E-state index in [0.29, 0.717) is 24.0 Å². The van der Waals surface area contributed by atoms with Gasteiger partial charge in [-0.3, -0.25) is 9.59 Å². The second-order valence-corrected chi connectivity index (χ2v) is 7.74. The smallest absolute Gasteiger partial charge is 0.330 e. The van der Waals surface area contributed by atoms with Crippen LogP contribution in [-0.4, -0.2) is 53.8 Å². The minimum atomic E-state index is -0.822. The van der Waals surface area contributed by atoms with Crippen LogP contribution in [0.1, 0.15) is 24.2 Å². The molecular weight excluding hydrogens is 482 g/mol. The number of hydrogen-bond acceptors (Lipinski definition) is 6. The van der Waals surface area contributed by atoms with Gasteiger partial charge >= 0.3 is 5.82 Å². The van der Waals surface area contributed by atoms with Gasteiger partial charge in [0.2, 0.25) is 0 Å². The normalized spacial score (nSPS) is 10.8. The molecular formula is C22H22BrN3O6. The van der Waals surface area contributed by atoms with Crippen LogP contribution in [0.15, 0.2) is 34.8 Å². The summed E-state index contributed by atoms with van der Waals surface area (Å²) in [4.78, 5) is 41.6. The third kappa shape index (κ3) is 3.93. The van der Waals surface area contributed by atoms with Crippen molar-refractivity contribution in [2.75, 3.05) is 27.3 Å². The molecule has 1 aromatic heterocycles. The number of benzene rings is 2. The predicted octanol–water partition coefficient (Wildman–Crippen LogP) is 4.57. The van der Waals surface area contributed by atoms with Crippen LogP contribution in [0.5, 0.6) is 11.5 Å². The van der Waals surface area contributed by atoms with E-state index in [0.717, 1.165) is 4.47 Å². The number of likely N-dealkylation sites (N-methyl/N-ethyl adjacent to an activating group) is 1. The van der Waals surface area contributed by atoms with E-state index >= 15 is 0 Å². The molecule has 0 saturated heterocycles. The highest BCUT2D eigenvalue weighted by atomic mass is 79.9. The molecule has 0 spiro atoms. The van der Waals surface area contributed by atoms with Crippen LogP contribution in [0.4, 0.5) is 5.82 Å². The summed E-state index contributed by atoms with van der Waals surface area (Å²) < 4.78 is 11.7. The second-order valence-electron chi connectivity index (χ2n) is 6.83. The summed E-state index contributed by atoms with van der Waals surface area (Å²) >= 11 is 3.36. The maximum absolute atomic E-state index is 13.3. The van der Waals surface area contributed by atoms with Crippen molar-refractivity contribution >= 4 is 44.3 Å². The fourth-order valence-corrected chi connectivity index (χ4v) is 3.91. The Hall–Kier alpha value is -3.40. The number of carbonyl (C=O) groups excluding carboxylic acids is 2. The summed E-state index contributed by atoms with van der Waals surface area (Å²) in [5.74, 6) is -1.51. The number of fused-ring (bicyclic) bond motifs is 1. The molecule has 0 aliphatic carbocycles. The number of halogens is 1. The maximum atomic E-state index is 13.3. The Morgan fingerprint density at radius 3 is 2.19 bits per heavy atom. The number of Topliss-reactive ketones (excluding diaryl/α,β-unsaturated/α-hetero) is 1. The fourth-order valence-electron chi connectivity index (χ4n) is 3.65. The van der Waals surface area contributed by atoms with Gasteiger partial charge in [-0.15, -0.1) is 0 Å². The summed E-state index contributed by atoms with van der Waals surface area (Å²) in [6.07, 6.45) is 0. The van der Waals surface area contributed by atoms with Crippen LogP contribution in [0.3, 0.4) is 0 Å². The maximum Gasteiger partial charge on any atom is 0.330 e. The lowest BCUT2D eigenvalue weighted by Gasteiger charge is -2.18. The van der Waals surface area contributed by atoms with Crippen molar-refractivity contribution in [2.24, 2.45) is 0 Å². The molecule has 0 unspecified atom stereocenters. The topological polar surface area (TPSA) is 115 Å². The van der Waals surface area contributed by atoms with E-state index in [1.807, 2.05) is 0 Å². The van der Waals surface area contributed by atoms with Gasteiger partial charge in [-0.25, -0.2) is 4.98 Å². The standard InChI is InChI=1S/C22H22BrN3O6/c1-5-25(6-2)22(28)20(27)18-15(32-4)11-14(31-3)17-16(12-7-9-13(23)10-8-12)21(26(29)30)24-19(17)18/h7-11,24H,5-6H2,1-4H3. The van der Waals surface area contributed by atoms with Crippen molar-refractivity contribution in [3.63, 3.8) is 0 Å². The molecule has 0 radical (unpaired) electrons. The van der Waals surface area contributed by atoms with Gasteiger partial charge in [0.05, 0.1) is 25.2 Å². The number of carbonyl (C=O) groups is 2. The highest BCUT2D eigenvalue weighted by Gasteiger charge is 2.34. The molecule has 3 rings (SSSR count). The van der Waals surface area contributed by atoms with Crippen molar-refractivity contribution in [1.29, 1.82) is 0 Å². The molecule has 10 heteroatoms. The molecule has 0 saturated carbocycles. The molecule has 2 aromatic carbocycles. The van der Waals surface area contributed by atoms with Crippen molar-refractivity contribution in [2.45, 2.75) is 13.8 Å². The monoisotopic (exact) mass is 503 g/mol. The van der Waals surface area contributed by atoms with Gasteiger partial charge in [0.1, 0.15) is 17.1 Å². The van der Waals surface area contributed by atoms with E-state index in [1.54, 1.807) is 38.1 Å². The van der Waals surface area contributed by atoms with Gasteiger partial charge in [-0.05, 0) is 36.5 Å². The van der Waals surface area contributed by atoms with Crippen LogP contribution in [0.25, 0.3) is 22.0 Å². The molecule has 168 valence electrons. The Kier molecular flexibility index (Phi) is 6.83. The number of ketones is 1. The highest BCUT2D eigenvalue weighted by molar-refractivity contribution is 9.10. The predicted molar refractivity (Wildman–Crippen MR) is 123 cm³/mol. The van der Waals surface area contributed by atoms with Crippen LogP contribution in [0, 0.1) is 10.1 Å². The Labute approximate surface area is 192 Å². The van der Waals surface area contributed by atoms with Gasteiger partial charge in [0.25, 0.3) is 11.7 Å². The second kappa shape index (κ2) is 9.39. The molecule has 32 heavy (non-hydrogen) atoms. The number of H-pyrrole nitrogens is 1. The minimum Gasteiger partial charge on any atom is -0.496 e. The molecule has 0 atom stereocenters. The van der Waals surface area contributed by atoms with Crippen molar-refractivity contribution in [3.05, 3.63) is 50.5 Å². The zero-order valence-electron chi connectivity index (χ0n) is 18.0. The molecule has 3 aromatic rings. The van der Waals surface area contributed by atoms with Crippen LogP contribution in [0.2, 0.25) is 0 Å². The van der Waals surface area contributed by atoms with E-state index < -0.39 is 16.6 Å². The minimum absolute atomic E-state index is 0.0772. The van der Waals surface area contributed by atoms with Crippen LogP contribution in [-0.2, 0) is 4.79 Å². The third-order valence-corrected chi connectivity index (χ3v) is 5.74. The van der Waals surface area contributed by atoms with Gasteiger partial charge in [0.15, 0.2) is 5.52 Å². The van der Waals surface area contributed by atoms with Crippen molar-refractivity contribution in [1.82, 2.24) is 9.88 Å². The summed E-state index contributed by atoms with van der Waals surface area (Å²) in [5, 5.41) is 12.3. The van der Waals surface area contributed by atoms with E-state index in [-0.39, 0.29) is 34.0 Å². The SMILES string of the molecule is CCN(CC)C(=O)C(=O)c1c(OC)cc(OC)c2c(-c3ccc(Br)cc3)c([N+](=O)[O-])[nH]c12. The molecule has 1 amide bonds. The average Bonchev–Trinajstić information content (AvgIpc) is 3.19. The fraction of sp³-hybridized carbons (Fsp3) is 0.273. The average molecular weight is 504 g/mol. The van der Waals surface area contributed by atoms with E-state index in [2.05, 4.69) is 20.9 Å². The number of nitro groups is 1. The number of amides is 1. The lowest BCUT2D eigenvalue weighted by atomic mass is 9.98. The van der Waals surface area contributed by atoms with Gasteiger partial charge < -0.3 is 24.5 Å². The van der Waals surface area contributed by atoms with Crippen molar-refractivity contribution in [3.8, 4) is 22.6 Å². The Morgan fingerprint density at radius 2 is 1.69 bits per heavy atom. The third-order valence-electron chi connectivity index (χ3n) is 5.21. The zero-order valence-corrected chi connectivity index (χ0v) is 19.6. The number of hydrogen-bond donors (Lipinski definition) is 1. The molecule has 9 nitrogen and oxygen atoms in total. The summed E-state index contributed by atoms with van der Waals surface area (Å²) in [7, 11) is 2.77. The first-order valence-electron chi connectivity index (χ1n) is 9.83. The lowest BCUT2D eigenvalue weighted by Crippen LogP contribution is -2.36. The summed E-state index contributed by atoms with van der Waals surface area (Å²) in [5.41, 5.74) is 0.826. The Bertz CT molecular complexity index is 1200. The van der Waals surface area contributed by atoms with E-state index in [4.69, 9.17) is 9.47 Å². The number of nitrogens with one attached hydrogen (secondary N) is 1. The summed E-state index contributed by atoms with van der Waals surface area (Å²) in [6.45, 7) is 4.22. The molecule has 0 fully saturated rings. The number of methoxy groups -OCH3 is 2. The molecule has 1 N–H and O–H groups in total. The first kappa shape index (κ1) is 23.3. The number of aromatic nitrogens is 1. The molecule has 1 heterocycles. The van der Waals surface area contributed by atoms with Crippen LogP contribution >= 0.6 is 15.9 Å². The zero-order chi connectivity index (χ0) is 23.6. The van der Waals surface area contributed by atoms with Gasteiger partial charge in [-0.2, -0.15) is 0 Å². The number of aromatic amines is 1. The van der Waals surface area contributed by atoms with E-state index in [1.165, 1.54) is 25.2 Å².